The molecule has 0 N–H and O–H groups in total. The molecule has 4 unspecified atom stereocenters. The minimum absolute atomic E-state index is 0. The van der Waals surface area contributed by atoms with Gasteiger partial charge < -0.3 is 19.6 Å². The molecule has 0 aromatic rings. The Morgan fingerprint density at radius 2 is 0.311 bits per heavy atom. The maximum absolute atomic E-state index is 10.3. The zero-order chi connectivity index (χ0) is 45.4. The van der Waals surface area contributed by atoms with E-state index >= 15 is 0 Å². The Bertz CT molecular complexity index is 738. The Balaban J connectivity index is -0.000000227. The van der Waals surface area contributed by atoms with Crippen LogP contribution in [0.1, 0.15) is 285 Å². The van der Waals surface area contributed by atoms with Crippen LogP contribution in [-0.4, -0.2) is 24.6 Å². The van der Waals surface area contributed by atoms with Gasteiger partial charge in [0, 0.05) is 0 Å². The second kappa shape index (κ2) is 67.5. The summed E-state index contributed by atoms with van der Waals surface area (Å²) in [7, 11) is -8.54. The van der Waals surface area contributed by atoms with Gasteiger partial charge in [0.15, 0.2) is 0 Å². The zero-order valence-corrected chi connectivity index (χ0v) is 46.2. The van der Waals surface area contributed by atoms with Crippen molar-refractivity contribution in [2.75, 3.05) is 24.6 Å². The van der Waals surface area contributed by atoms with Crippen LogP contribution in [0, 0.1) is 0 Å². The van der Waals surface area contributed by atoms with Crippen LogP contribution >= 0.6 is 32.1 Å². The van der Waals surface area contributed by atoms with Gasteiger partial charge in [-0.3, -0.25) is 0 Å². The molecule has 0 rings (SSSR count). The fourth-order valence-electron chi connectivity index (χ4n) is 6.91. The molecule has 0 heterocycles. The third-order valence-corrected chi connectivity index (χ3v) is 13.5. The molecule has 0 fully saturated rings. The molecule has 8 nitrogen and oxygen atoms in total. The summed E-state index contributed by atoms with van der Waals surface area (Å²) in [5.74, 6) is 0. The zero-order valence-electron chi connectivity index (χ0n) is 40.6. The first-order chi connectivity index (χ1) is 29.1. The fraction of sp³-hybridized carbons (Fsp3) is 1.00. The quantitative estimate of drug-likeness (QED) is 0.0331. The summed E-state index contributed by atoms with van der Waals surface area (Å²) >= 11 is 0. The molecule has 0 aliphatic heterocycles. The molecular formula is C48H100MoO8P4+4. The number of rotatable bonds is 44. The summed E-state index contributed by atoms with van der Waals surface area (Å²) in [6.45, 7) is 8.95. The smallest absolute Gasteiger partial charge is 0.596 e. The van der Waals surface area contributed by atoms with Gasteiger partial charge in [-0.15, -0.1) is 0 Å². The summed E-state index contributed by atoms with van der Waals surface area (Å²) in [6.07, 6.45) is 51.7. The minimum atomic E-state index is -2.14. The van der Waals surface area contributed by atoms with Gasteiger partial charge in [0.05, 0.1) is 0 Å². The van der Waals surface area contributed by atoms with Gasteiger partial charge in [-0.25, -0.2) is 0 Å². The second-order valence-electron chi connectivity index (χ2n) is 17.0. The topological polar surface area (TPSA) is 161 Å². The third kappa shape index (κ3) is 88.4. The molecular weight excluding hydrogens is 924 g/mol. The van der Waals surface area contributed by atoms with Crippen LogP contribution in [0.3, 0.4) is 0 Å². The average molecular weight is 1030 g/mol. The van der Waals surface area contributed by atoms with Gasteiger partial charge in [-0.1, -0.05) is 251 Å². The van der Waals surface area contributed by atoms with Crippen molar-refractivity contribution in [2.45, 2.75) is 285 Å². The molecule has 4 atom stereocenters. The normalized spacial score (nSPS) is 11.5. The Labute approximate surface area is 398 Å². The molecule has 0 aromatic carbocycles. The third-order valence-electron chi connectivity index (χ3n) is 10.8. The SMILES string of the molecule is CCCCCCCCCCCC[P+](=O)[O-].CCCCCCCCCCCC[P+](=O)[O-].CCCCCCCCCCCC[P+](=O)[O-].CCCCCCCCCCCC[P+](=O)[O-].[Mo+4]. The summed E-state index contributed by atoms with van der Waals surface area (Å²) in [6, 6.07) is 0. The van der Waals surface area contributed by atoms with Crippen LogP contribution in [0.4, 0.5) is 0 Å². The van der Waals surface area contributed by atoms with Crippen LogP contribution in [-0.2, 0) is 39.3 Å². The molecule has 0 radical (unpaired) electrons. The molecule has 0 aromatic heterocycles. The number of unbranched alkanes of at least 4 members (excludes halogenated alkanes) is 36. The maximum Gasteiger partial charge on any atom is 4.00 e. The molecule has 61 heavy (non-hydrogen) atoms. The van der Waals surface area contributed by atoms with E-state index in [-0.39, 0.29) is 21.1 Å². The maximum atomic E-state index is 10.3. The Kier molecular flexibility index (Phi) is 78.5. The van der Waals surface area contributed by atoms with Crippen molar-refractivity contribution in [3.05, 3.63) is 0 Å². The summed E-state index contributed by atoms with van der Waals surface area (Å²) < 4.78 is 41.1. The van der Waals surface area contributed by atoms with Crippen LogP contribution in [0.5, 0.6) is 0 Å². The van der Waals surface area contributed by atoms with Gasteiger partial charge in [0.25, 0.3) is 0 Å². The predicted octanol–water partition coefficient (Wildman–Crippen LogP) is 16.0. The van der Waals surface area contributed by atoms with E-state index in [1.165, 1.54) is 205 Å². The van der Waals surface area contributed by atoms with Crippen LogP contribution in [0.25, 0.3) is 0 Å². The van der Waals surface area contributed by atoms with Gasteiger partial charge in [0.2, 0.25) is 0 Å². The fourth-order valence-corrected chi connectivity index (χ4v) is 8.84. The number of hydrogen-bond acceptors (Lipinski definition) is 8. The van der Waals surface area contributed by atoms with Crippen molar-refractivity contribution in [1.82, 2.24) is 0 Å². The van der Waals surface area contributed by atoms with Crippen molar-refractivity contribution in [3.63, 3.8) is 0 Å². The molecule has 0 saturated carbocycles. The molecule has 0 bridgehead atoms. The van der Waals surface area contributed by atoms with Crippen LogP contribution in [0.2, 0.25) is 0 Å². The first-order valence-corrected chi connectivity index (χ1v) is 31.0. The molecule has 0 saturated heterocycles. The molecule has 0 spiro atoms. The van der Waals surface area contributed by atoms with E-state index in [0.717, 1.165) is 51.4 Å². The van der Waals surface area contributed by atoms with Gasteiger partial charge in [-0.2, -0.15) is 0 Å². The molecule has 362 valence electrons. The molecule has 13 heteroatoms. The first kappa shape index (κ1) is 70.9. The summed E-state index contributed by atoms with van der Waals surface area (Å²) in [4.78, 5) is 41.1. The van der Waals surface area contributed by atoms with E-state index < -0.39 is 32.1 Å². The van der Waals surface area contributed by atoms with Crippen LogP contribution < -0.4 is 19.6 Å². The van der Waals surface area contributed by atoms with E-state index in [2.05, 4.69) is 27.7 Å². The van der Waals surface area contributed by atoms with E-state index in [1.54, 1.807) is 0 Å². The van der Waals surface area contributed by atoms with Crippen molar-refractivity contribution in [1.29, 1.82) is 0 Å². The molecule has 0 aliphatic carbocycles. The first-order valence-electron chi connectivity index (χ1n) is 25.6. The molecule has 0 amide bonds. The Hall–Kier alpha value is 0.928. The Morgan fingerprint density at radius 1 is 0.213 bits per heavy atom. The van der Waals surface area contributed by atoms with Crippen molar-refractivity contribution < 1.29 is 58.9 Å². The van der Waals surface area contributed by atoms with Crippen molar-refractivity contribution >= 4 is 32.1 Å². The van der Waals surface area contributed by atoms with Gasteiger partial charge in [0.1, 0.15) is 24.6 Å². The Morgan fingerprint density at radius 3 is 0.410 bits per heavy atom. The van der Waals surface area contributed by atoms with Gasteiger partial charge in [-0.05, 0) is 51.4 Å². The summed E-state index contributed by atoms with van der Waals surface area (Å²) in [5, 5.41) is 0. The minimum Gasteiger partial charge on any atom is -0.596 e. The van der Waals surface area contributed by atoms with E-state index in [0.29, 0.717) is 24.6 Å². The molecule has 0 aliphatic rings. The number of hydrogen-bond donors (Lipinski definition) is 0. The average Bonchev–Trinajstić information content (AvgIpc) is 3.21. The van der Waals surface area contributed by atoms with E-state index in [4.69, 9.17) is 0 Å². The van der Waals surface area contributed by atoms with Gasteiger partial charge >= 0.3 is 53.2 Å². The second-order valence-corrected chi connectivity index (χ2v) is 21.4. The summed E-state index contributed by atoms with van der Waals surface area (Å²) in [5.41, 5.74) is 0. The van der Waals surface area contributed by atoms with Crippen LogP contribution in [0.15, 0.2) is 0 Å². The van der Waals surface area contributed by atoms with Crippen molar-refractivity contribution in [2.24, 2.45) is 0 Å². The van der Waals surface area contributed by atoms with E-state index in [9.17, 15) is 37.8 Å². The largest absolute Gasteiger partial charge is 4.00 e. The predicted molar refractivity (Wildman–Crippen MR) is 257 cm³/mol. The van der Waals surface area contributed by atoms with Crippen molar-refractivity contribution in [3.8, 4) is 0 Å². The standard InChI is InChI=1S/4C12H25O2P.Mo/c4*1-2-3-4-5-6-7-8-9-10-11-12-15(13)14;/h4*2-12H2,1H3;/q;;;;+4. The van der Waals surface area contributed by atoms with E-state index in [1.807, 2.05) is 0 Å². The monoisotopic (exact) mass is 1030 g/mol.